The highest BCUT2D eigenvalue weighted by Crippen LogP contribution is 2.36. The van der Waals surface area contributed by atoms with Crippen molar-refractivity contribution in [3.63, 3.8) is 0 Å². The Balaban J connectivity index is 1.74. The number of aryl methyl sites for hydroxylation is 1. The van der Waals surface area contributed by atoms with Crippen molar-refractivity contribution >= 4 is 5.91 Å². The summed E-state index contributed by atoms with van der Waals surface area (Å²) in [5.74, 6) is -0.185. The smallest absolute Gasteiger partial charge is 0.263 e. The number of ether oxygens (including phenoxy) is 2. The largest absolute Gasteiger partial charge is 0.378 e. The van der Waals surface area contributed by atoms with E-state index in [9.17, 15) is 9.59 Å². The second-order valence-electron chi connectivity index (χ2n) is 6.82. The number of nitrogens with zero attached hydrogens (tertiary/aromatic N) is 2. The maximum absolute atomic E-state index is 12.7. The number of hydrogen-bond donors (Lipinski definition) is 0. The van der Waals surface area contributed by atoms with Crippen LogP contribution in [0.25, 0.3) is 0 Å². The van der Waals surface area contributed by atoms with Crippen molar-refractivity contribution in [3.05, 3.63) is 33.7 Å². The topological polar surface area (TPSA) is 60.8 Å². The molecule has 2 aliphatic heterocycles. The Morgan fingerprint density at radius 3 is 2.71 bits per heavy atom. The van der Waals surface area contributed by atoms with E-state index in [0.29, 0.717) is 13.1 Å². The minimum atomic E-state index is -0.276. The van der Waals surface area contributed by atoms with Gasteiger partial charge >= 0.3 is 0 Å². The average molecular weight is 334 g/mol. The number of likely N-dealkylation sites (tertiary alicyclic amines) is 1. The molecular formula is C18H26N2O4. The van der Waals surface area contributed by atoms with Crippen LogP contribution in [0.2, 0.25) is 0 Å². The Kier molecular flexibility index (Phi) is 4.78. The summed E-state index contributed by atoms with van der Waals surface area (Å²) in [4.78, 5) is 26.9. The molecule has 1 aromatic rings. The van der Waals surface area contributed by atoms with Crippen molar-refractivity contribution in [1.29, 1.82) is 0 Å². The normalized spacial score (nSPS) is 23.5. The van der Waals surface area contributed by atoms with Gasteiger partial charge in [0.2, 0.25) is 0 Å². The van der Waals surface area contributed by atoms with Crippen LogP contribution in [0.3, 0.4) is 0 Å². The molecule has 2 fully saturated rings. The maximum Gasteiger partial charge on any atom is 0.263 e. The Hall–Kier alpha value is -1.66. The van der Waals surface area contributed by atoms with Gasteiger partial charge < -0.3 is 18.9 Å². The molecule has 132 valence electrons. The van der Waals surface area contributed by atoms with Crippen molar-refractivity contribution in [2.75, 3.05) is 26.8 Å². The van der Waals surface area contributed by atoms with E-state index in [2.05, 4.69) is 0 Å². The molecule has 3 rings (SSSR count). The molecule has 6 heteroatoms. The van der Waals surface area contributed by atoms with Gasteiger partial charge in [-0.3, -0.25) is 9.59 Å². The summed E-state index contributed by atoms with van der Waals surface area (Å²) in [5.41, 5.74) is 0.575. The number of carbonyl (C=O) groups is 1. The van der Waals surface area contributed by atoms with Gasteiger partial charge in [0.15, 0.2) is 0 Å². The van der Waals surface area contributed by atoms with Crippen LogP contribution in [0.15, 0.2) is 16.9 Å². The first-order valence-corrected chi connectivity index (χ1v) is 8.61. The van der Waals surface area contributed by atoms with Crippen LogP contribution in [0.4, 0.5) is 0 Å². The van der Waals surface area contributed by atoms with Crippen molar-refractivity contribution in [3.8, 4) is 0 Å². The summed E-state index contributed by atoms with van der Waals surface area (Å²) in [6, 6.07) is 3.45. The monoisotopic (exact) mass is 334 g/mol. The van der Waals surface area contributed by atoms with E-state index in [-0.39, 0.29) is 28.7 Å². The van der Waals surface area contributed by atoms with Gasteiger partial charge in [0.05, 0.1) is 11.7 Å². The molecule has 2 saturated heterocycles. The van der Waals surface area contributed by atoms with Crippen LogP contribution in [0, 0.1) is 6.92 Å². The molecule has 6 nitrogen and oxygen atoms in total. The lowest BCUT2D eigenvalue weighted by Gasteiger charge is -2.48. The number of carbonyl (C=O) groups excluding carboxylic acids is 1. The average Bonchev–Trinajstić information content (AvgIpc) is 2.60. The predicted octanol–water partition coefficient (Wildman–Crippen LogP) is 1.49. The van der Waals surface area contributed by atoms with E-state index >= 15 is 0 Å². The molecule has 0 radical (unpaired) electrons. The molecule has 0 saturated carbocycles. The zero-order valence-corrected chi connectivity index (χ0v) is 14.7. The molecular weight excluding hydrogens is 308 g/mol. The highest BCUT2D eigenvalue weighted by Gasteiger charge is 2.45. The number of hydrogen-bond acceptors (Lipinski definition) is 4. The third-order valence-corrected chi connectivity index (χ3v) is 5.55. The number of methoxy groups -OCH3 is 1. The summed E-state index contributed by atoms with van der Waals surface area (Å²) in [7, 11) is 3.42. The molecule has 24 heavy (non-hydrogen) atoms. The lowest BCUT2D eigenvalue weighted by atomic mass is 9.81. The van der Waals surface area contributed by atoms with Crippen molar-refractivity contribution in [2.45, 2.75) is 44.3 Å². The summed E-state index contributed by atoms with van der Waals surface area (Å²) < 4.78 is 13.2. The quantitative estimate of drug-likeness (QED) is 0.822. The maximum atomic E-state index is 12.7. The second-order valence-corrected chi connectivity index (χ2v) is 6.82. The van der Waals surface area contributed by atoms with Gasteiger partial charge in [0, 0.05) is 39.5 Å². The predicted molar refractivity (Wildman–Crippen MR) is 90.3 cm³/mol. The number of piperidine rings is 1. The van der Waals surface area contributed by atoms with Crippen molar-refractivity contribution in [1.82, 2.24) is 9.47 Å². The highest BCUT2D eigenvalue weighted by atomic mass is 16.5. The zero-order chi connectivity index (χ0) is 17.3. The number of rotatable bonds is 2. The molecule has 2 aliphatic rings. The Morgan fingerprint density at radius 2 is 2.04 bits per heavy atom. The molecule has 1 amide bonds. The fourth-order valence-electron chi connectivity index (χ4n) is 3.85. The SMILES string of the molecule is CO[C@@H]1CCCOC12CCN(C(=O)c1ccc(C)n(C)c1=O)CC2. The number of pyridine rings is 1. The zero-order valence-electron chi connectivity index (χ0n) is 14.7. The fraction of sp³-hybridized carbons (Fsp3) is 0.667. The van der Waals surface area contributed by atoms with Crippen LogP contribution in [0.5, 0.6) is 0 Å². The van der Waals surface area contributed by atoms with Crippen LogP contribution in [-0.4, -0.2) is 53.9 Å². The van der Waals surface area contributed by atoms with Gasteiger partial charge in [-0.05, 0) is 44.7 Å². The van der Waals surface area contributed by atoms with E-state index in [4.69, 9.17) is 9.47 Å². The summed E-state index contributed by atoms with van der Waals surface area (Å²) in [6.45, 7) is 3.80. The molecule has 3 heterocycles. The van der Waals surface area contributed by atoms with E-state index in [1.807, 2.05) is 13.0 Å². The fourth-order valence-corrected chi connectivity index (χ4v) is 3.85. The molecule has 0 aliphatic carbocycles. The molecule has 1 spiro atoms. The molecule has 0 aromatic carbocycles. The van der Waals surface area contributed by atoms with Gasteiger partial charge in [-0.2, -0.15) is 0 Å². The Labute approximate surface area is 142 Å². The minimum Gasteiger partial charge on any atom is -0.378 e. The molecule has 1 aromatic heterocycles. The van der Waals surface area contributed by atoms with E-state index in [1.54, 1.807) is 25.1 Å². The van der Waals surface area contributed by atoms with E-state index in [0.717, 1.165) is 38.0 Å². The van der Waals surface area contributed by atoms with Crippen LogP contribution >= 0.6 is 0 Å². The summed E-state index contributed by atoms with van der Waals surface area (Å²) in [6.07, 6.45) is 3.62. The van der Waals surface area contributed by atoms with Crippen molar-refractivity contribution in [2.24, 2.45) is 7.05 Å². The van der Waals surface area contributed by atoms with Gasteiger partial charge in [0.25, 0.3) is 11.5 Å². The summed E-state index contributed by atoms with van der Waals surface area (Å²) >= 11 is 0. The Morgan fingerprint density at radius 1 is 1.33 bits per heavy atom. The Bertz CT molecular complexity index is 674. The third kappa shape index (κ3) is 2.89. The first kappa shape index (κ1) is 17.2. The lowest BCUT2D eigenvalue weighted by Crippen LogP contribution is -2.57. The number of aromatic nitrogens is 1. The molecule has 1 atom stereocenters. The van der Waals surface area contributed by atoms with E-state index in [1.165, 1.54) is 4.57 Å². The standard InChI is InChI=1S/C18H26N2O4/c1-13-6-7-14(16(21)19(13)2)17(22)20-10-8-18(9-11-20)15(23-3)5-4-12-24-18/h6-7,15H,4-5,8-12H2,1-3H3/t15-/m1/s1. The lowest BCUT2D eigenvalue weighted by molar-refractivity contribution is -0.183. The number of amides is 1. The highest BCUT2D eigenvalue weighted by molar-refractivity contribution is 5.94. The van der Waals surface area contributed by atoms with Crippen LogP contribution < -0.4 is 5.56 Å². The van der Waals surface area contributed by atoms with Gasteiger partial charge in [-0.15, -0.1) is 0 Å². The first-order chi connectivity index (χ1) is 11.5. The third-order valence-electron chi connectivity index (χ3n) is 5.55. The molecule has 0 N–H and O–H groups in total. The van der Waals surface area contributed by atoms with Gasteiger partial charge in [0.1, 0.15) is 5.56 Å². The van der Waals surface area contributed by atoms with Gasteiger partial charge in [-0.25, -0.2) is 0 Å². The minimum absolute atomic E-state index is 0.0933. The van der Waals surface area contributed by atoms with Crippen LogP contribution in [0.1, 0.15) is 41.7 Å². The van der Waals surface area contributed by atoms with Crippen LogP contribution in [-0.2, 0) is 16.5 Å². The van der Waals surface area contributed by atoms with E-state index < -0.39 is 0 Å². The first-order valence-electron chi connectivity index (χ1n) is 8.61. The van der Waals surface area contributed by atoms with Crippen molar-refractivity contribution < 1.29 is 14.3 Å². The summed E-state index contributed by atoms with van der Waals surface area (Å²) in [5, 5.41) is 0. The molecule has 0 unspecified atom stereocenters. The second kappa shape index (κ2) is 6.69. The van der Waals surface area contributed by atoms with Gasteiger partial charge in [-0.1, -0.05) is 0 Å². The molecule has 0 bridgehead atoms.